The number of nitrogens with zero attached hydrogens (tertiary/aromatic N) is 6. The highest BCUT2D eigenvalue weighted by Gasteiger charge is 2.21. The molecule has 2 atom stereocenters. The molecule has 0 radical (unpaired) electrons. The molecule has 0 aliphatic heterocycles. The number of pyridine rings is 1. The number of rotatable bonds is 14. The van der Waals surface area contributed by atoms with Crippen LogP contribution in [0.3, 0.4) is 0 Å². The number of ether oxygens (including phenoxy) is 1. The number of thiazole rings is 1. The van der Waals surface area contributed by atoms with Gasteiger partial charge < -0.3 is 14.9 Å². The van der Waals surface area contributed by atoms with E-state index in [0.29, 0.717) is 17.6 Å². The van der Waals surface area contributed by atoms with E-state index in [9.17, 15) is 0 Å². The summed E-state index contributed by atoms with van der Waals surface area (Å²) in [6.45, 7) is 14.5. The van der Waals surface area contributed by atoms with Crippen molar-refractivity contribution in [3.63, 3.8) is 0 Å². The van der Waals surface area contributed by atoms with Crippen LogP contribution >= 0.6 is 11.3 Å². The summed E-state index contributed by atoms with van der Waals surface area (Å²) >= 11 is 1.42. The van der Waals surface area contributed by atoms with Crippen LogP contribution < -0.4 is 10.1 Å². The van der Waals surface area contributed by atoms with Gasteiger partial charge in [0.15, 0.2) is 5.84 Å². The fourth-order valence-electron chi connectivity index (χ4n) is 3.24. The third-order valence-electron chi connectivity index (χ3n) is 5.16. The van der Waals surface area contributed by atoms with E-state index in [-0.39, 0.29) is 17.9 Å². The molecule has 34 heavy (non-hydrogen) atoms. The number of amidine groups is 1. The summed E-state index contributed by atoms with van der Waals surface area (Å²) < 4.78 is 6.24. The first-order valence-electron chi connectivity index (χ1n) is 11.3. The summed E-state index contributed by atoms with van der Waals surface area (Å²) in [4.78, 5) is 27.4. The molecule has 0 spiro atoms. The summed E-state index contributed by atoms with van der Waals surface area (Å²) in [7, 11) is 3.65. The normalized spacial score (nSPS) is 14.5. The standard InChI is InChI=1S/C24H35N7O2S/c1-16(2)22(28-7)31-32-13-11-18(10-12-25-4)17(3)33-24-30-21-9-8-20(29-23(21)34-24)19(14-26-5)15-27-6/h8-9,14-18,25H,5,7,10-13H2,1-4,6H3/b19-14+,27-15?,31-22-. The van der Waals surface area contributed by atoms with Gasteiger partial charge in [0.1, 0.15) is 23.1 Å². The first-order chi connectivity index (χ1) is 16.4. The fourth-order valence-corrected chi connectivity index (χ4v) is 4.11. The molecule has 0 amide bonds. The van der Waals surface area contributed by atoms with Gasteiger partial charge in [-0.2, -0.15) is 0 Å². The van der Waals surface area contributed by atoms with Gasteiger partial charge in [-0.3, -0.25) is 9.98 Å². The van der Waals surface area contributed by atoms with Crippen molar-refractivity contribution in [3.05, 3.63) is 24.0 Å². The van der Waals surface area contributed by atoms with E-state index in [4.69, 9.17) is 14.6 Å². The second-order valence-corrected chi connectivity index (χ2v) is 8.95. The smallest absolute Gasteiger partial charge is 0.276 e. The van der Waals surface area contributed by atoms with Gasteiger partial charge in [-0.05, 0) is 58.9 Å². The summed E-state index contributed by atoms with van der Waals surface area (Å²) in [5.41, 5.74) is 2.33. The van der Waals surface area contributed by atoms with Crippen molar-refractivity contribution in [1.82, 2.24) is 15.3 Å². The third kappa shape index (κ3) is 8.11. The van der Waals surface area contributed by atoms with Crippen LogP contribution in [0, 0.1) is 11.8 Å². The minimum atomic E-state index is -0.0595. The Labute approximate surface area is 205 Å². The molecule has 0 aromatic carbocycles. The molecule has 2 unspecified atom stereocenters. The van der Waals surface area contributed by atoms with Gasteiger partial charge in [0.25, 0.3) is 5.19 Å². The molecule has 2 aromatic rings. The van der Waals surface area contributed by atoms with Gasteiger partial charge in [0, 0.05) is 36.9 Å². The van der Waals surface area contributed by atoms with E-state index in [1.165, 1.54) is 11.3 Å². The zero-order valence-corrected chi connectivity index (χ0v) is 21.5. The highest BCUT2D eigenvalue weighted by molar-refractivity contribution is 7.19. The first kappa shape index (κ1) is 27.3. The minimum Gasteiger partial charge on any atom is -0.467 e. The summed E-state index contributed by atoms with van der Waals surface area (Å²) in [5, 5.41) is 7.91. The van der Waals surface area contributed by atoms with E-state index in [1.807, 2.05) is 33.0 Å². The fraction of sp³-hybridized carbons (Fsp3) is 0.500. The lowest BCUT2D eigenvalue weighted by Gasteiger charge is -2.23. The molecule has 0 saturated heterocycles. The second kappa shape index (κ2) is 14.3. The molecule has 10 heteroatoms. The Morgan fingerprint density at radius 2 is 2.00 bits per heavy atom. The molecule has 1 N–H and O–H groups in total. The quantitative estimate of drug-likeness (QED) is 0.183. The number of fused-ring (bicyclic) bond motifs is 1. The van der Waals surface area contributed by atoms with Crippen LogP contribution in [-0.4, -0.2) is 68.8 Å². The molecule has 0 fully saturated rings. The SMILES string of the molecule is C=N/C=C(\C=NC)c1ccc2nc(OC(C)C(CCNC)CCO/N=C(\N=C)C(C)C)sc2n1. The van der Waals surface area contributed by atoms with Crippen molar-refractivity contribution in [2.75, 3.05) is 27.2 Å². The van der Waals surface area contributed by atoms with E-state index in [0.717, 1.165) is 41.0 Å². The molecule has 0 aliphatic carbocycles. The van der Waals surface area contributed by atoms with Crippen LogP contribution in [0.5, 0.6) is 5.19 Å². The van der Waals surface area contributed by atoms with Gasteiger partial charge in [0.05, 0.1) is 5.69 Å². The number of nitrogens with one attached hydrogen (secondary N) is 1. The minimum absolute atomic E-state index is 0.0595. The predicted molar refractivity (Wildman–Crippen MR) is 144 cm³/mol. The highest BCUT2D eigenvalue weighted by Crippen LogP contribution is 2.30. The maximum absolute atomic E-state index is 6.24. The van der Waals surface area contributed by atoms with Crippen LogP contribution in [0.4, 0.5) is 0 Å². The lowest BCUT2D eigenvalue weighted by atomic mass is 9.96. The van der Waals surface area contributed by atoms with E-state index in [1.54, 1.807) is 19.5 Å². The Kier molecular flexibility index (Phi) is 11.5. The maximum atomic E-state index is 6.24. The zero-order chi connectivity index (χ0) is 24.9. The zero-order valence-electron chi connectivity index (χ0n) is 20.7. The molecule has 184 valence electrons. The van der Waals surface area contributed by atoms with Gasteiger partial charge in [-0.25, -0.2) is 15.0 Å². The first-order valence-corrected chi connectivity index (χ1v) is 12.1. The Balaban J connectivity index is 2.10. The Morgan fingerprint density at radius 1 is 1.21 bits per heavy atom. The number of oxime groups is 1. The van der Waals surface area contributed by atoms with E-state index < -0.39 is 0 Å². The average molecular weight is 486 g/mol. The van der Waals surface area contributed by atoms with Crippen LogP contribution in [0.25, 0.3) is 15.9 Å². The summed E-state index contributed by atoms with van der Waals surface area (Å²) in [5.74, 6) is 1.03. The predicted octanol–water partition coefficient (Wildman–Crippen LogP) is 4.50. The average Bonchev–Trinajstić information content (AvgIpc) is 3.21. The molecule has 0 bridgehead atoms. The molecule has 2 heterocycles. The largest absolute Gasteiger partial charge is 0.467 e. The monoisotopic (exact) mass is 485 g/mol. The number of aromatic nitrogens is 2. The molecular weight excluding hydrogens is 450 g/mol. The molecule has 9 nitrogen and oxygen atoms in total. The van der Waals surface area contributed by atoms with Crippen molar-refractivity contribution in [3.8, 4) is 5.19 Å². The van der Waals surface area contributed by atoms with Crippen molar-refractivity contribution >= 4 is 52.7 Å². The second-order valence-electron chi connectivity index (χ2n) is 8.01. The highest BCUT2D eigenvalue weighted by atomic mass is 32.1. The van der Waals surface area contributed by atoms with Crippen LogP contribution in [-0.2, 0) is 4.84 Å². The Morgan fingerprint density at radius 3 is 2.65 bits per heavy atom. The maximum Gasteiger partial charge on any atom is 0.276 e. The van der Waals surface area contributed by atoms with Crippen LogP contribution in [0.1, 0.15) is 39.3 Å². The van der Waals surface area contributed by atoms with Gasteiger partial charge in [0.2, 0.25) is 0 Å². The lowest BCUT2D eigenvalue weighted by Crippen LogP contribution is -2.28. The number of hydrogen-bond donors (Lipinski definition) is 1. The molecule has 0 saturated carbocycles. The Hall–Kier alpha value is -2.98. The molecule has 2 rings (SSSR count). The molecular formula is C24H35N7O2S. The summed E-state index contributed by atoms with van der Waals surface area (Å²) in [6.07, 6.45) is 5.01. The van der Waals surface area contributed by atoms with Crippen LogP contribution in [0.15, 0.2) is 38.5 Å². The molecule has 2 aromatic heterocycles. The van der Waals surface area contributed by atoms with Gasteiger partial charge in [-0.15, -0.1) is 0 Å². The Bertz CT molecular complexity index is 1030. The lowest BCUT2D eigenvalue weighted by molar-refractivity contribution is 0.0854. The van der Waals surface area contributed by atoms with Gasteiger partial charge in [-0.1, -0.05) is 30.3 Å². The van der Waals surface area contributed by atoms with Crippen molar-refractivity contribution in [1.29, 1.82) is 0 Å². The number of aliphatic imine (C=N–C) groups is 3. The van der Waals surface area contributed by atoms with Gasteiger partial charge >= 0.3 is 0 Å². The number of hydrogen-bond acceptors (Lipinski definition) is 9. The van der Waals surface area contributed by atoms with E-state index in [2.05, 4.69) is 50.8 Å². The number of allylic oxidation sites excluding steroid dienone is 1. The van der Waals surface area contributed by atoms with Crippen molar-refractivity contribution in [2.24, 2.45) is 32.0 Å². The van der Waals surface area contributed by atoms with Crippen molar-refractivity contribution in [2.45, 2.75) is 39.7 Å². The summed E-state index contributed by atoms with van der Waals surface area (Å²) in [6, 6.07) is 3.82. The van der Waals surface area contributed by atoms with E-state index >= 15 is 0 Å². The third-order valence-corrected chi connectivity index (χ3v) is 6.02. The van der Waals surface area contributed by atoms with Crippen molar-refractivity contribution < 1.29 is 9.57 Å². The van der Waals surface area contributed by atoms with Crippen LogP contribution in [0.2, 0.25) is 0 Å². The molecule has 0 aliphatic rings. The topological polar surface area (TPSA) is 106 Å².